The number of fused-ring (bicyclic) bond motifs is 3. The topological polar surface area (TPSA) is 60.9 Å². The summed E-state index contributed by atoms with van der Waals surface area (Å²) in [6.07, 6.45) is 9.11. The highest BCUT2D eigenvalue weighted by Gasteiger charge is 2.15. The van der Waals surface area contributed by atoms with Crippen LogP contribution >= 0.6 is 0 Å². The molecule has 0 amide bonds. The molecular weight excluding hydrogens is 372 g/mol. The highest BCUT2D eigenvalue weighted by molar-refractivity contribution is 5.80. The Morgan fingerprint density at radius 3 is 2.43 bits per heavy atom. The van der Waals surface area contributed by atoms with Gasteiger partial charge in [-0.2, -0.15) is 9.97 Å². The minimum absolute atomic E-state index is 0.487. The van der Waals surface area contributed by atoms with E-state index in [9.17, 15) is 0 Å². The SMILES string of the molecule is C=C/C=C(\C=C)c1nc(-c2ccccc2)nc(-n2ccn3c4ccccc4nc23)n1. The molecule has 0 fully saturated rings. The molecule has 2 aromatic carbocycles. The molecule has 0 N–H and O–H groups in total. The summed E-state index contributed by atoms with van der Waals surface area (Å²) in [5, 5.41) is 0. The van der Waals surface area contributed by atoms with E-state index in [1.54, 1.807) is 12.2 Å². The number of nitrogens with zero attached hydrogens (tertiary/aromatic N) is 6. The van der Waals surface area contributed by atoms with Crippen molar-refractivity contribution in [2.75, 3.05) is 0 Å². The Morgan fingerprint density at radius 1 is 0.833 bits per heavy atom. The van der Waals surface area contributed by atoms with E-state index in [1.165, 1.54) is 0 Å². The third kappa shape index (κ3) is 2.91. The molecule has 6 nitrogen and oxygen atoms in total. The summed E-state index contributed by atoms with van der Waals surface area (Å²) in [5.41, 5.74) is 3.61. The lowest BCUT2D eigenvalue weighted by atomic mass is 10.2. The molecule has 5 aromatic rings. The molecule has 3 aromatic heterocycles. The van der Waals surface area contributed by atoms with Crippen molar-refractivity contribution in [3.05, 3.63) is 104 Å². The van der Waals surface area contributed by atoms with Gasteiger partial charge in [0.15, 0.2) is 11.6 Å². The zero-order chi connectivity index (χ0) is 20.5. The maximum Gasteiger partial charge on any atom is 0.240 e. The van der Waals surface area contributed by atoms with Crippen LogP contribution in [0.3, 0.4) is 0 Å². The number of hydrogen-bond acceptors (Lipinski definition) is 4. The van der Waals surface area contributed by atoms with Crippen molar-refractivity contribution in [3.8, 4) is 17.3 Å². The normalized spacial score (nSPS) is 11.8. The van der Waals surface area contributed by atoms with Gasteiger partial charge in [0.2, 0.25) is 11.7 Å². The standard InChI is InChI=1S/C24H18N6/c1-3-10-17(4-2)21-26-22(18-11-6-5-7-12-18)28-23(27-21)30-16-15-29-20-14-9-8-13-19(20)25-24(29)30/h3-16H,1-2H2/b17-10+. The lowest BCUT2D eigenvalue weighted by Gasteiger charge is -2.08. The lowest BCUT2D eigenvalue weighted by molar-refractivity contribution is 0.903. The van der Waals surface area contributed by atoms with Gasteiger partial charge in [-0.25, -0.2) is 9.97 Å². The molecule has 0 saturated carbocycles. The second-order valence-electron chi connectivity index (χ2n) is 6.65. The zero-order valence-electron chi connectivity index (χ0n) is 16.2. The monoisotopic (exact) mass is 390 g/mol. The fourth-order valence-corrected chi connectivity index (χ4v) is 3.38. The number of hydrogen-bond donors (Lipinski definition) is 0. The molecule has 0 bridgehead atoms. The van der Waals surface area contributed by atoms with Crippen molar-refractivity contribution in [3.63, 3.8) is 0 Å². The first-order valence-corrected chi connectivity index (χ1v) is 9.50. The van der Waals surface area contributed by atoms with Crippen LogP contribution in [0.1, 0.15) is 5.82 Å². The summed E-state index contributed by atoms with van der Waals surface area (Å²) >= 11 is 0. The van der Waals surface area contributed by atoms with Crippen LogP contribution in [-0.2, 0) is 0 Å². The van der Waals surface area contributed by atoms with Crippen LogP contribution in [0.25, 0.3) is 39.7 Å². The Kier molecular flexibility index (Phi) is 4.29. The summed E-state index contributed by atoms with van der Waals surface area (Å²) in [5.74, 6) is 2.33. The van der Waals surface area contributed by atoms with Gasteiger partial charge in [-0.15, -0.1) is 0 Å². The molecule has 0 aliphatic heterocycles. The predicted molar refractivity (Wildman–Crippen MR) is 119 cm³/mol. The highest BCUT2D eigenvalue weighted by atomic mass is 15.3. The van der Waals surface area contributed by atoms with Crippen LogP contribution in [-0.4, -0.2) is 28.9 Å². The van der Waals surface area contributed by atoms with Crippen molar-refractivity contribution >= 4 is 22.4 Å². The molecule has 3 heterocycles. The van der Waals surface area contributed by atoms with Crippen LogP contribution in [0.4, 0.5) is 0 Å². The molecule has 30 heavy (non-hydrogen) atoms. The summed E-state index contributed by atoms with van der Waals surface area (Å²) in [6.45, 7) is 7.67. The van der Waals surface area contributed by atoms with Crippen molar-refractivity contribution in [1.29, 1.82) is 0 Å². The van der Waals surface area contributed by atoms with Gasteiger partial charge in [-0.05, 0) is 12.1 Å². The summed E-state index contributed by atoms with van der Waals surface area (Å²) in [6, 6.07) is 17.8. The quantitative estimate of drug-likeness (QED) is 0.401. The Morgan fingerprint density at radius 2 is 1.63 bits per heavy atom. The molecule has 0 saturated heterocycles. The Bertz CT molecular complexity index is 1420. The van der Waals surface area contributed by atoms with Crippen LogP contribution in [0, 0.1) is 0 Å². The average Bonchev–Trinajstić information content (AvgIpc) is 3.37. The smallest absolute Gasteiger partial charge is 0.240 e. The van der Waals surface area contributed by atoms with Gasteiger partial charge in [0, 0.05) is 23.5 Å². The molecular formula is C24H18N6. The molecule has 0 aliphatic carbocycles. The van der Waals surface area contributed by atoms with Gasteiger partial charge in [-0.1, -0.05) is 73.9 Å². The molecule has 5 rings (SSSR count). The summed E-state index contributed by atoms with van der Waals surface area (Å²) < 4.78 is 3.89. The Hall–Kier alpha value is -4.32. The third-order valence-electron chi connectivity index (χ3n) is 4.80. The van der Waals surface area contributed by atoms with Gasteiger partial charge < -0.3 is 0 Å². The molecule has 144 valence electrons. The third-order valence-corrected chi connectivity index (χ3v) is 4.80. The minimum Gasteiger partial charge on any atom is -0.283 e. The molecule has 6 heteroatoms. The van der Waals surface area contributed by atoms with E-state index in [4.69, 9.17) is 15.0 Å². The van der Waals surface area contributed by atoms with Gasteiger partial charge in [0.1, 0.15) is 0 Å². The maximum absolute atomic E-state index is 4.76. The molecule has 0 atom stereocenters. The first kappa shape index (κ1) is 17.8. The highest BCUT2D eigenvalue weighted by Crippen LogP contribution is 2.22. The lowest BCUT2D eigenvalue weighted by Crippen LogP contribution is -2.07. The fraction of sp³-hybridized carbons (Fsp3) is 0. The van der Waals surface area contributed by atoms with E-state index in [1.807, 2.05) is 82.0 Å². The van der Waals surface area contributed by atoms with Gasteiger partial charge >= 0.3 is 0 Å². The molecule has 0 spiro atoms. The van der Waals surface area contributed by atoms with E-state index in [0.717, 1.165) is 27.9 Å². The summed E-state index contributed by atoms with van der Waals surface area (Å²) in [7, 11) is 0. The van der Waals surface area contributed by atoms with Crippen LogP contribution in [0.15, 0.2) is 98.4 Å². The van der Waals surface area contributed by atoms with Crippen LogP contribution in [0.2, 0.25) is 0 Å². The largest absolute Gasteiger partial charge is 0.283 e. The van der Waals surface area contributed by atoms with Gasteiger partial charge in [-0.3, -0.25) is 8.97 Å². The number of benzene rings is 2. The first-order valence-electron chi connectivity index (χ1n) is 9.50. The molecule has 0 radical (unpaired) electrons. The number of allylic oxidation sites excluding steroid dienone is 4. The van der Waals surface area contributed by atoms with E-state index in [2.05, 4.69) is 18.1 Å². The Balaban J connectivity index is 1.77. The van der Waals surface area contributed by atoms with Gasteiger partial charge in [0.05, 0.1) is 11.0 Å². The van der Waals surface area contributed by atoms with Gasteiger partial charge in [0.25, 0.3) is 0 Å². The predicted octanol–water partition coefficient (Wildman–Crippen LogP) is 4.89. The maximum atomic E-state index is 4.76. The second kappa shape index (κ2) is 7.25. The second-order valence-corrected chi connectivity index (χ2v) is 6.65. The van der Waals surface area contributed by atoms with Crippen molar-refractivity contribution in [2.45, 2.75) is 0 Å². The first-order chi connectivity index (χ1) is 14.8. The van der Waals surface area contributed by atoms with Crippen molar-refractivity contribution in [2.24, 2.45) is 0 Å². The zero-order valence-corrected chi connectivity index (χ0v) is 16.2. The number of aromatic nitrogens is 6. The number of rotatable bonds is 5. The van der Waals surface area contributed by atoms with Crippen molar-refractivity contribution in [1.82, 2.24) is 28.9 Å². The van der Waals surface area contributed by atoms with Crippen molar-refractivity contribution < 1.29 is 0 Å². The van der Waals surface area contributed by atoms with Crippen LogP contribution in [0.5, 0.6) is 0 Å². The van der Waals surface area contributed by atoms with E-state index < -0.39 is 0 Å². The Labute approximate surface area is 173 Å². The van der Waals surface area contributed by atoms with E-state index >= 15 is 0 Å². The minimum atomic E-state index is 0.487. The number of imidazole rings is 2. The molecule has 0 aliphatic rings. The fourth-order valence-electron chi connectivity index (χ4n) is 3.38. The molecule has 0 unspecified atom stereocenters. The van der Waals surface area contributed by atoms with Crippen LogP contribution < -0.4 is 0 Å². The van der Waals surface area contributed by atoms with E-state index in [-0.39, 0.29) is 0 Å². The average molecular weight is 390 g/mol. The summed E-state index contributed by atoms with van der Waals surface area (Å²) in [4.78, 5) is 18.9. The number of para-hydroxylation sites is 2. The van der Waals surface area contributed by atoms with E-state index in [0.29, 0.717) is 17.6 Å².